The second-order valence-corrected chi connectivity index (χ2v) is 3.50. The Balaban J connectivity index is 2.19. The van der Waals surface area contributed by atoms with Crippen molar-refractivity contribution in [1.29, 1.82) is 0 Å². The van der Waals surface area contributed by atoms with Crippen LogP contribution in [0.3, 0.4) is 0 Å². The quantitative estimate of drug-likeness (QED) is 0.846. The Labute approximate surface area is 88.9 Å². The van der Waals surface area contributed by atoms with Gasteiger partial charge in [0.25, 0.3) is 5.91 Å². The van der Waals surface area contributed by atoms with Gasteiger partial charge in [-0.15, -0.1) is 5.10 Å². The maximum absolute atomic E-state index is 13.2. The lowest BCUT2D eigenvalue weighted by Crippen LogP contribution is -2.12. The van der Waals surface area contributed by atoms with E-state index in [9.17, 15) is 9.18 Å². The predicted octanol–water partition coefficient (Wildman–Crippen LogP) is 1.93. The van der Waals surface area contributed by atoms with Crippen LogP contribution in [0, 0.1) is 5.82 Å². The van der Waals surface area contributed by atoms with E-state index in [-0.39, 0.29) is 5.56 Å². The molecule has 6 heteroatoms. The van der Waals surface area contributed by atoms with Crippen LogP contribution < -0.4 is 5.32 Å². The van der Waals surface area contributed by atoms with Crippen molar-refractivity contribution < 1.29 is 9.18 Å². The molecule has 0 aliphatic heterocycles. The van der Waals surface area contributed by atoms with Gasteiger partial charge in [-0.2, -0.15) is 0 Å². The minimum atomic E-state index is -0.549. The fraction of sp³-hybridized carbons (Fsp3) is 0. The van der Waals surface area contributed by atoms with Crippen molar-refractivity contribution in [3.05, 3.63) is 41.8 Å². The van der Waals surface area contributed by atoms with Crippen LogP contribution >= 0.6 is 11.5 Å². The van der Waals surface area contributed by atoms with Gasteiger partial charge in [-0.1, -0.05) is 16.6 Å². The lowest BCUT2D eigenvalue weighted by atomic mass is 10.2. The maximum Gasteiger partial charge on any atom is 0.259 e. The molecule has 1 aromatic heterocycles. The van der Waals surface area contributed by atoms with Crippen LogP contribution in [0.4, 0.5) is 9.39 Å². The zero-order valence-electron chi connectivity index (χ0n) is 7.48. The number of anilines is 1. The van der Waals surface area contributed by atoms with Crippen molar-refractivity contribution >= 4 is 22.4 Å². The van der Waals surface area contributed by atoms with Crippen LogP contribution in [0.15, 0.2) is 30.5 Å². The van der Waals surface area contributed by atoms with Crippen molar-refractivity contribution in [3.63, 3.8) is 0 Å². The highest BCUT2D eigenvalue weighted by Crippen LogP contribution is 2.13. The van der Waals surface area contributed by atoms with Crippen LogP contribution in [0.25, 0.3) is 0 Å². The number of hydrogen-bond donors (Lipinski definition) is 1. The highest BCUT2D eigenvalue weighted by atomic mass is 32.1. The van der Waals surface area contributed by atoms with E-state index >= 15 is 0 Å². The second-order valence-electron chi connectivity index (χ2n) is 2.72. The summed E-state index contributed by atoms with van der Waals surface area (Å²) in [6.07, 6.45) is 1.41. The zero-order valence-corrected chi connectivity index (χ0v) is 8.29. The van der Waals surface area contributed by atoms with E-state index in [4.69, 9.17) is 0 Å². The number of aromatic nitrogens is 2. The number of halogens is 1. The molecule has 0 spiro atoms. The standard InChI is InChI=1S/C9H6FN3OS/c10-7-4-2-1-3-6(7)9(14)12-8-5-11-13-15-8/h1-5H,(H,12,14). The molecular formula is C9H6FN3OS. The fourth-order valence-corrected chi connectivity index (χ4v) is 1.46. The molecule has 1 amide bonds. The molecule has 1 heterocycles. The normalized spacial score (nSPS) is 9.93. The highest BCUT2D eigenvalue weighted by Gasteiger charge is 2.11. The van der Waals surface area contributed by atoms with Gasteiger partial charge in [0.1, 0.15) is 10.8 Å². The molecule has 0 unspecified atom stereocenters. The Bertz CT molecular complexity index is 472. The average molecular weight is 223 g/mol. The van der Waals surface area contributed by atoms with Crippen molar-refractivity contribution in [1.82, 2.24) is 9.59 Å². The molecule has 0 radical (unpaired) electrons. The lowest BCUT2D eigenvalue weighted by Gasteiger charge is -2.01. The van der Waals surface area contributed by atoms with Crippen LogP contribution in [-0.2, 0) is 0 Å². The Morgan fingerprint density at radius 2 is 2.20 bits per heavy atom. The lowest BCUT2D eigenvalue weighted by molar-refractivity contribution is 0.102. The monoisotopic (exact) mass is 223 g/mol. The molecule has 0 saturated carbocycles. The van der Waals surface area contributed by atoms with Gasteiger partial charge in [0.2, 0.25) is 0 Å². The summed E-state index contributed by atoms with van der Waals surface area (Å²) in [5, 5.41) is 6.53. The van der Waals surface area contributed by atoms with Crippen molar-refractivity contribution in [2.45, 2.75) is 0 Å². The van der Waals surface area contributed by atoms with E-state index in [1.807, 2.05) is 0 Å². The van der Waals surface area contributed by atoms with Crippen molar-refractivity contribution in [3.8, 4) is 0 Å². The molecule has 76 valence electrons. The van der Waals surface area contributed by atoms with Gasteiger partial charge >= 0.3 is 0 Å². The number of amides is 1. The molecule has 0 atom stereocenters. The molecular weight excluding hydrogens is 217 g/mol. The molecule has 0 aliphatic carbocycles. The summed E-state index contributed by atoms with van der Waals surface area (Å²) in [5.74, 6) is -1.05. The summed E-state index contributed by atoms with van der Waals surface area (Å²) in [5.41, 5.74) is 0.00546. The fourth-order valence-electron chi connectivity index (χ4n) is 1.05. The van der Waals surface area contributed by atoms with Gasteiger partial charge in [0.15, 0.2) is 0 Å². The second kappa shape index (κ2) is 4.14. The van der Waals surface area contributed by atoms with Gasteiger partial charge in [0.05, 0.1) is 11.8 Å². The third-order valence-electron chi connectivity index (χ3n) is 1.72. The predicted molar refractivity (Wildman–Crippen MR) is 54.3 cm³/mol. The van der Waals surface area contributed by atoms with Gasteiger partial charge < -0.3 is 5.32 Å². The van der Waals surface area contributed by atoms with Gasteiger partial charge in [0, 0.05) is 11.5 Å². The molecule has 1 aromatic carbocycles. The van der Waals surface area contributed by atoms with Crippen LogP contribution in [-0.4, -0.2) is 15.5 Å². The maximum atomic E-state index is 13.2. The molecule has 1 N–H and O–H groups in total. The molecule has 15 heavy (non-hydrogen) atoms. The van der Waals surface area contributed by atoms with Crippen molar-refractivity contribution in [2.75, 3.05) is 5.32 Å². The number of nitrogens with zero attached hydrogens (tertiary/aromatic N) is 2. The summed E-state index contributed by atoms with van der Waals surface area (Å²) in [4.78, 5) is 11.5. The Morgan fingerprint density at radius 1 is 1.40 bits per heavy atom. The summed E-state index contributed by atoms with van der Waals surface area (Å²) < 4.78 is 16.8. The molecule has 2 rings (SSSR count). The summed E-state index contributed by atoms with van der Waals surface area (Å²) in [6.45, 7) is 0. The molecule has 0 aliphatic rings. The van der Waals surface area contributed by atoms with Gasteiger partial charge in [-0.05, 0) is 12.1 Å². The summed E-state index contributed by atoms with van der Waals surface area (Å²) in [6, 6.07) is 5.78. The molecule has 0 bridgehead atoms. The Kier molecular flexibility index (Phi) is 2.68. The van der Waals surface area contributed by atoms with Gasteiger partial charge in [-0.3, -0.25) is 4.79 Å². The third-order valence-corrected chi connectivity index (χ3v) is 2.30. The molecule has 2 aromatic rings. The first-order valence-electron chi connectivity index (χ1n) is 4.10. The molecule has 0 fully saturated rings. The van der Waals surface area contributed by atoms with Crippen LogP contribution in [0.1, 0.15) is 10.4 Å². The number of carbonyl (C=O) groups excluding carboxylic acids is 1. The van der Waals surface area contributed by atoms with Gasteiger partial charge in [-0.25, -0.2) is 4.39 Å². The van der Waals surface area contributed by atoms with Crippen LogP contribution in [0.2, 0.25) is 0 Å². The number of benzene rings is 1. The SMILES string of the molecule is O=C(Nc1cnns1)c1ccccc1F. The zero-order chi connectivity index (χ0) is 10.7. The Morgan fingerprint density at radius 3 is 2.87 bits per heavy atom. The number of carbonyl (C=O) groups is 1. The minimum Gasteiger partial charge on any atom is -0.311 e. The Hall–Kier alpha value is -1.82. The number of hydrogen-bond acceptors (Lipinski definition) is 4. The largest absolute Gasteiger partial charge is 0.311 e. The number of rotatable bonds is 2. The first-order valence-corrected chi connectivity index (χ1v) is 4.88. The molecule has 0 saturated heterocycles. The topological polar surface area (TPSA) is 54.9 Å². The van der Waals surface area contributed by atoms with E-state index in [1.54, 1.807) is 6.07 Å². The first-order chi connectivity index (χ1) is 7.27. The van der Waals surface area contributed by atoms with Crippen LogP contribution in [0.5, 0.6) is 0 Å². The average Bonchev–Trinajstić information content (AvgIpc) is 2.71. The third kappa shape index (κ3) is 2.16. The summed E-state index contributed by atoms with van der Waals surface area (Å²) >= 11 is 1.04. The molecule has 4 nitrogen and oxygen atoms in total. The highest BCUT2D eigenvalue weighted by molar-refractivity contribution is 7.10. The smallest absolute Gasteiger partial charge is 0.259 e. The van der Waals surface area contributed by atoms with E-state index in [2.05, 4.69) is 14.9 Å². The number of nitrogens with one attached hydrogen (secondary N) is 1. The first kappa shape index (κ1) is 9.72. The van der Waals surface area contributed by atoms with E-state index in [0.717, 1.165) is 11.5 Å². The van der Waals surface area contributed by atoms with E-state index < -0.39 is 11.7 Å². The summed E-state index contributed by atoms with van der Waals surface area (Å²) in [7, 11) is 0. The minimum absolute atomic E-state index is 0.00546. The van der Waals surface area contributed by atoms with E-state index in [0.29, 0.717) is 5.00 Å². The van der Waals surface area contributed by atoms with Crippen molar-refractivity contribution in [2.24, 2.45) is 0 Å². The van der Waals surface area contributed by atoms with E-state index in [1.165, 1.54) is 24.4 Å².